The molecule has 7 nitrogen and oxygen atoms in total. The molecule has 0 amide bonds. The number of hydrogen-bond acceptors (Lipinski definition) is 8. The van der Waals surface area contributed by atoms with Crippen LogP contribution in [0, 0.1) is 25.2 Å². The number of nitrogens with zero attached hydrogens (tertiary/aromatic N) is 4. The largest absolute Gasteiger partial charge is 0.463 e. The van der Waals surface area contributed by atoms with E-state index in [0.717, 1.165) is 69.2 Å². The van der Waals surface area contributed by atoms with Gasteiger partial charge in [-0.05, 0) is 93.7 Å². The SMILES string of the molecule is CCOC(=O)C1=C(c2ccccc2)N=c2s/c(=C/c3cc(C)n(-c4sc5c(c4C#N)CCCC5)c3C)c(=O)n2[C@H]1c1ccc(SC)cc1. The molecule has 0 fully saturated rings. The standard InChI is InChI=1S/C38H34N4O3S3/c1-5-45-37(44)32-33(24-11-7-6-8-12-24)40-38-42(34(32)25-15-17-27(46-4)18-16-25)35(43)31(48-38)20-26-19-22(2)41(23(26)3)36-29(21-39)28-13-9-10-14-30(28)47-36/h6-8,11-12,15-20,34H,5,9-10,13-14H2,1-4H3/b31-20+/t34-/m0/s1. The van der Waals surface area contributed by atoms with Crippen molar-refractivity contribution in [2.75, 3.05) is 12.9 Å². The summed E-state index contributed by atoms with van der Waals surface area (Å²) in [6, 6.07) is 21.4. The van der Waals surface area contributed by atoms with Crippen LogP contribution in [0.25, 0.3) is 16.8 Å². The molecule has 0 radical (unpaired) electrons. The number of thiophene rings is 1. The Hall–Kier alpha value is -4.43. The second-order valence-electron chi connectivity index (χ2n) is 11.9. The van der Waals surface area contributed by atoms with Crippen LogP contribution in [0.5, 0.6) is 0 Å². The maximum atomic E-state index is 14.5. The van der Waals surface area contributed by atoms with Crippen molar-refractivity contribution in [3.63, 3.8) is 0 Å². The molecule has 1 aliphatic carbocycles. The summed E-state index contributed by atoms with van der Waals surface area (Å²) in [5.74, 6) is -0.496. The lowest BCUT2D eigenvalue weighted by Gasteiger charge is -2.26. The highest BCUT2D eigenvalue weighted by atomic mass is 32.2. The zero-order valence-electron chi connectivity index (χ0n) is 27.2. The highest BCUT2D eigenvalue weighted by molar-refractivity contribution is 7.98. The number of aromatic nitrogens is 2. The summed E-state index contributed by atoms with van der Waals surface area (Å²) in [7, 11) is 0. The summed E-state index contributed by atoms with van der Waals surface area (Å²) in [6.45, 7) is 6.06. The Kier molecular flexibility index (Phi) is 8.86. The topological polar surface area (TPSA) is 89.4 Å². The first kappa shape index (κ1) is 32.1. The third-order valence-corrected chi connectivity index (χ3v) is 12.0. The van der Waals surface area contributed by atoms with Gasteiger partial charge in [0.1, 0.15) is 11.1 Å². The van der Waals surface area contributed by atoms with Crippen LogP contribution in [0.2, 0.25) is 0 Å². The number of fused-ring (bicyclic) bond motifs is 2. The fourth-order valence-electron chi connectivity index (χ4n) is 6.75. The lowest BCUT2D eigenvalue weighted by Crippen LogP contribution is -2.40. The van der Waals surface area contributed by atoms with E-state index in [4.69, 9.17) is 9.73 Å². The van der Waals surface area contributed by atoms with E-state index in [1.807, 2.05) is 80.8 Å². The number of benzene rings is 2. The molecule has 0 spiro atoms. The lowest BCUT2D eigenvalue weighted by molar-refractivity contribution is -0.138. The predicted molar refractivity (Wildman–Crippen MR) is 194 cm³/mol. The third kappa shape index (κ3) is 5.50. The van der Waals surface area contributed by atoms with Crippen molar-refractivity contribution in [2.24, 2.45) is 4.99 Å². The van der Waals surface area contributed by atoms with Crippen LogP contribution < -0.4 is 14.9 Å². The number of thioether (sulfide) groups is 1. The van der Waals surface area contributed by atoms with Gasteiger partial charge in [-0.3, -0.25) is 9.36 Å². The lowest BCUT2D eigenvalue weighted by atomic mass is 9.93. The van der Waals surface area contributed by atoms with Crippen molar-refractivity contribution in [1.29, 1.82) is 5.26 Å². The normalized spacial score (nSPS) is 15.9. The van der Waals surface area contributed by atoms with Gasteiger partial charge in [0, 0.05) is 26.7 Å². The monoisotopic (exact) mass is 690 g/mol. The van der Waals surface area contributed by atoms with E-state index >= 15 is 0 Å². The number of nitriles is 1. The highest BCUT2D eigenvalue weighted by Crippen LogP contribution is 2.39. The molecule has 2 aromatic carbocycles. The van der Waals surface area contributed by atoms with Gasteiger partial charge in [-0.1, -0.05) is 53.8 Å². The summed E-state index contributed by atoms with van der Waals surface area (Å²) in [5, 5.41) is 11.1. The van der Waals surface area contributed by atoms with Crippen molar-refractivity contribution in [3.05, 3.63) is 130 Å². The molecule has 0 bridgehead atoms. The van der Waals surface area contributed by atoms with Gasteiger partial charge in [0.15, 0.2) is 4.80 Å². The minimum absolute atomic E-state index is 0.198. The van der Waals surface area contributed by atoms with Gasteiger partial charge in [-0.25, -0.2) is 9.79 Å². The molecular formula is C38H34N4O3S3. The molecule has 3 aromatic heterocycles. The first-order chi connectivity index (χ1) is 23.3. The molecule has 1 aliphatic heterocycles. The molecule has 0 saturated heterocycles. The van der Waals surface area contributed by atoms with Gasteiger partial charge < -0.3 is 9.30 Å². The third-order valence-electron chi connectivity index (χ3n) is 9.03. The summed E-state index contributed by atoms with van der Waals surface area (Å²) in [4.78, 5) is 36.1. The molecule has 48 heavy (non-hydrogen) atoms. The molecular weight excluding hydrogens is 657 g/mol. The first-order valence-electron chi connectivity index (χ1n) is 16.0. The highest BCUT2D eigenvalue weighted by Gasteiger charge is 2.35. The number of hydrogen-bond donors (Lipinski definition) is 0. The van der Waals surface area contributed by atoms with E-state index in [1.54, 1.807) is 34.6 Å². The first-order valence-corrected chi connectivity index (χ1v) is 18.9. The number of ether oxygens (including phenoxy) is 1. The minimum Gasteiger partial charge on any atom is -0.463 e. The van der Waals surface area contributed by atoms with Gasteiger partial charge in [0.2, 0.25) is 0 Å². The zero-order chi connectivity index (χ0) is 33.5. The summed E-state index contributed by atoms with van der Waals surface area (Å²) < 4.78 is 9.92. The second kappa shape index (κ2) is 13.2. The maximum absolute atomic E-state index is 14.5. The average Bonchev–Trinajstić information content (AvgIpc) is 3.73. The van der Waals surface area contributed by atoms with Crippen LogP contribution in [0.3, 0.4) is 0 Å². The average molecular weight is 691 g/mol. The molecule has 7 rings (SSSR count). The molecule has 0 N–H and O–H groups in total. The Morgan fingerprint density at radius 2 is 1.85 bits per heavy atom. The van der Waals surface area contributed by atoms with Gasteiger partial charge in [-0.15, -0.1) is 23.1 Å². The van der Waals surface area contributed by atoms with E-state index in [9.17, 15) is 14.9 Å². The number of rotatable bonds is 7. The van der Waals surface area contributed by atoms with Crippen molar-refractivity contribution in [1.82, 2.24) is 9.13 Å². The summed E-state index contributed by atoms with van der Waals surface area (Å²) in [6.07, 6.45) is 8.16. The van der Waals surface area contributed by atoms with E-state index in [0.29, 0.717) is 20.6 Å². The number of carbonyl (C=O) groups is 1. The van der Waals surface area contributed by atoms with Crippen LogP contribution in [0.1, 0.15) is 69.9 Å². The molecule has 5 aromatic rings. The molecule has 0 unspecified atom stereocenters. The van der Waals surface area contributed by atoms with Crippen LogP contribution in [-0.2, 0) is 22.4 Å². The maximum Gasteiger partial charge on any atom is 0.338 e. The van der Waals surface area contributed by atoms with E-state index < -0.39 is 12.0 Å². The smallest absolute Gasteiger partial charge is 0.338 e. The van der Waals surface area contributed by atoms with Crippen LogP contribution in [-0.4, -0.2) is 28.0 Å². The molecule has 0 saturated carbocycles. The van der Waals surface area contributed by atoms with Crippen molar-refractivity contribution < 1.29 is 9.53 Å². The minimum atomic E-state index is -0.725. The van der Waals surface area contributed by atoms with E-state index in [2.05, 4.69) is 16.7 Å². The van der Waals surface area contributed by atoms with Crippen LogP contribution in [0.4, 0.5) is 0 Å². The Bertz CT molecular complexity index is 2320. The second-order valence-corrected chi connectivity index (χ2v) is 14.8. The Morgan fingerprint density at radius 3 is 2.56 bits per heavy atom. The van der Waals surface area contributed by atoms with Gasteiger partial charge in [0.05, 0.1) is 34.0 Å². The molecule has 2 aliphatic rings. The number of thiazole rings is 1. The summed E-state index contributed by atoms with van der Waals surface area (Å²) >= 11 is 4.66. The molecule has 10 heteroatoms. The summed E-state index contributed by atoms with van der Waals surface area (Å²) in [5.41, 5.74) is 7.04. The fourth-order valence-corrected chi connectivity index (χ4v) is 9.60. The zero-order valence-corrected chi connectivity index (χ0v) is 29.7. The van der Waals surface area contributed by atoms with E-state index in [1.165, 1.54) is 21.8 Å². The van der Waals surface area contributed by atoms with Gasteiger partial charge >= 0.3 is 5.97 Å². The fraction of sp³-hybridized carbons (Fsp3) is 0.263. The van der Waals surface area contributed by atoms with Crippen LogP contribution in [0.15, 0.2) is 80.9 Å². The number of carbonyl (C=O) groups excluding carboxylic acids is 1. The molecule has 1 atom stereocenters. The van der Waals surface area contributed by atoms with E-state index in [-0.39, 0.29) is 12.2 Å². The van der Waals surface area contributed by atoms with Gasteiger partial charge in [-0.2, -0.15) is 5.26 Å². The van der Waals surface area contributed by atoms with Crippen molar-refractivity contribution in [2.45, 2.75) is 57.4 Å². The van der Waals surface area contributed by atoms with Crippen molar-refractivity contribution in [3.8, 4) is 11.1 Å². The Morgan fingerprint density at radius 1 is 1.10 bits per heavy atom. The molecule has 242 valence electrons. The Balaban J connectivity index is 1.44. The number of esters is 1. The van der Waals surface area contributed by atoms with Crippen LogP contribution >= 0.6 is 34.4 Å². The van der Waals surface area contributed by atoms with Gasteiger partial charge in [0.25, 0.3) is 5.56 Å². The van der Waals surface area contributed by atoms with Crippen molar-refractivity contribution >= 4 is 52.2 Å². The predicted octanol–water partition coefficient (Wildman–Crippen LogP) is 6.88. The molecule has 4 heterocycles. The Labute approximate surface area is 291 Å². The number of aryl methyl sites for hydroxylation is 2. The quantitative estimate of drug-likeness (QED) is 0.137.